The molecule has 0 aliphatic carbocycles. The standard InChI is InChI=1S/C27H30N4O3/c1-16(2)31-26-23(13-28-31)22(12-24(29-26)21-11-17(3)33-19(21)5)27(32)30-14-18(4)34-25(15-30)20-9-7-6-8-10-20/h6-13,16,18,25H,14-15H2,1-5H3. The van der Waals surface area contributed by atoms with Crippen molar-refractivity contribution in [2.45, 2.75) is 52.9 Å². The van der Waals surface area contributed by atoms with Crippen molar-refractivity contribution in [1.82, 2.24) is 19.7 Å². The van der Waals surface area contributed by atoms with Gasteiger partial charge in [0.2, 0.25) is 0 Å². The molecule has 1 aromatic carbocycles. The third-order valence-electron chi connectivity index (χ3n) is 6.32. The summed E-state index contributed by atoms with van der Waals surface area (Å²) in [5.41, 5.74) is 3.99. The average Bonchev–Trinajstić information content (AvgIpc) is 3.40. The fourth-order valence-corrected chi connectivity index (χ4v) is 4.74. The summed E-state index contributed by atoms with van der Waals surface area (Å²) < 4.78 is 13.8. The topological polar surface area (TPSA) is 73.4 Å². The lowest BCUT2D eigenvalue weighted by atomic mass is 10.0. The number of morpholine rings is 1. The van der Waals surface area contributed by atoms with Gasteiger partial charge >= 0.3 is 0 Å². The van der Waals surface area contributed by atoms with Crippen LogP contribution in [0.15, 0.2) is 53.1 Å². The molecular formula is C27H30N4O3. The zero-order chi connectivity index (χ0) is 24.0. The Morgan fingerprint density at radius 2 is 1.88 bits per heavy atom. The number of rotatable bonds is 4. The van der Waals surface area contributed by atoms with E-state index < -0.39 is 0 Å². The molecule has 0 radical (unpaired) electrons. The Balaban J connectivity index is 1.59. The number of fused-ring (bicyclic) bond motifs is 1. The summed E-state index contributed by atoms with van der Waals surface area (Å²) in [5, 5.41) is 5.32. The van der Waals surface area contributed by atoms with Crippen molar-refractivity contribution >= 4 is 16.9 Å². The van der Waals surface area contributed by atoms with Crippen LogP contribution in [0, 0.1) is 13.8 Å². The van der Waals surface area contributed by atoms with E-state index in [1.807, 2.05) is 72.8 Å². The van der Waals surface area contributed by atoms with Crippen LogP contribution < -0.4 is 0 Å². The Kier molecular flexibility index (Phi) is 5.73. The summed E-state index contributed by atoms with van der Waals surface area (Å²) in [6.45, 7) is 11.0. The van der Waals surface area contributed by atoms with Gasteiger partial charge in [0.1, 0.15) is 17.6 Å². The fraction of sp³-hybridized carbons (Fsp3) is 0.370. The summed E-state index contributed by atoms with van der Waals surface area (Å²) in [5.74, 6) is 1.56. The van der Waals surface area contributed by atoms with E-state index in [9.17, 15) is 4.79 Å². The minimum atomic E-state index is -0.164. The summed E-state index contributed by atoms with van der Waals surface area (Å²) in [6, 6.07) is 14.0. The molecule has 1 fully saturated rings. The van der Waals surface area contributed by atoms with E-state index in [4.69, 9.17) is 14.1 Å². The lowest BCUT2D eigenvalue weighted by Crippen LogP contribution is -2.46. The third-order valence-corrected chi connectivity index (χ3v) is 6.32. The summed E-state index contributed by atoms with van der Waals surface area (Å²) in [4.78, 5) is 20.8. The van der Waals surface area contributed by atoms with Crippen LogP contribution in [-0.4, -0.2) is 44.8 Å². The molecule has 2 unspecified atom stereocenters. The zero-order valence-corrected chi connectivity index (χ0v) is 20.3. The van der Waals surface area contributed by atoms with E-state index in [1.165, 1.54) is 0 Å². The predicted molar refractivity (Wildman–Crippen MR) is 131 cm³/mol. The van der Waals surface area contributed by atoms with Crippen molar-refractivity contribution < 1.29 is 13.9 Å². The first-order valence-electron chi connectivity index (χ1n) is 11.8. The average molecular weight is 459 g/mol. The highest BCUT2D eigenvalue weighted by Gasteiger charge is 2.31. The molecule has 34 heavy (non-hydrogen) atoms. The van der Waals surface area contributed by atoms with Crippen molar-refractivity contribution in [3.05, 3.63) is 71.3 Å². The Bertz CT molecular complexity index is 1340. The molecule has 0 saturated carbocycles. The Morgan fingerprint density at radius 1 is 1.12 bits per heavy atom. The van der Waals surface area contributed by atoms with Crippen LogP contribution in [0.5, 0.6) is 0 Å². The molecule has 1 aliphatic heterocycles. The van der Waals surface area contributed by atoms with Crippen LogP contribution in [0.4, 0.5) is 0 Å². The highest BCUT2D eigenvalue weighted by atomic mass is 16.5. The number of furan rings is 1. The van der Waals surface area contributed by atoms with Gasteiger partial charge in [0.25, 0.3) is 5.91 Å². The summed E-state index contributed by atoms with van der Waals surface area (Å²) in [7, 11) is 0. The zero-order valence-electron chi connectivity index (χ0n) is 20.3. The molecule has 7 nitrogen and oxygen atoms in total. The number of hydrogen-bond acceptors (Lipinski definition) is 5. The van der Waals surface area contributed by atoms with Crippen LogP contribution in [0.25, 0.3) is 22.3 Å². The summed E-state index contributed by atoms with van der Waals surface area (Å²) >= 11 is 0. The number of aromatic nitrogens is 3. The van der Waals surface area contributed by atoms with Crippen LogP contribution in [0.3, 0.4) is 0 Å². The number of nitrogens with zero attached hydrogens (tertiary/aromatic N) is 4. The molecule has 176 valence electrons. The van der Waals surface area contributed by atoms with Crippen molar-refractivity contribution in [1.29, 1.82) is 0 Å². The van der Waals surface area contributed by atoms with E-state index in [0.29, 0.717) is 30.0 Å². The minimum Gasteiger partial charge on any atom is -0.466 e. The highest BCUT2D eigenvalue weighted by molar-refractivity contribution is 6.06. The van der Waals surface area contributed by atoms with Crippen molar-refractivity contribution in [3.8, 4) is 11.3 Å². The van der Waals surface area contributed by atoms with E-state index in [0.717, 1.165) is 28.0 Å². The van der Waals surface area contributed by atoms with Gasteiger partial charge in [0.15, 0.2) is 5.65 Å². The molecule has 1 amide bonds. The van der Waals surface area contributed by atoms with E-state index >= 15 is 0 Å². The van der Waals surface area contributed by atoms with Gasteiger partial charge in [-0.1, -0.05) is 30.3 Å². The van der Waals surface area contributed by atoms with Gasteiger partial charge in [-0.05, 0) is 52.3 Å². The van der Waals surface area contributed by atoms with Gasteiger partial charge in [0, 0.05) is 18.2 Å². The van der Waals surface area contributed by atoms with Crippen LogP contribution in [0.1, 0.15) is 60.4 Å². The minimum absolute atomic E-state index is 0.0362. The number of pyridine rings is 1. The predicted octanol–water partition coefficient (Wildman–Crippen LogP) is 5.49. The van der Waals surface area contributed by atoms with Crippen LogP contribution in [0.2, 0.25) is 0 Å². The monoisotopic (exact) mass is 458 g/mol. The fourth-order valence-electron chi connectivity index (χ4n) is 4.74. The van der Waals surface area contributed by atoms with Gasteiger partial charge < -0.3 is 14.1 Å². The van der Waals surface area contributed by atoms with Crippen molar-refractivity contribution in [2.24, 2.45) is 0 Å². The molecular weight excluding hydrogens is 428 g/mol. The molecule has 4 aromatic rings. The molecule has 3 aromatic heterocycles. The number of aryl methyl sites for hydroxylation is 2. The summed E-state index contributed by atoms with van der Waals surface area (Å²) in [6.07, 6.45) is 1.52. The lowest BCUT2D eigenvalue weighted by molar-refractivity contribution is -0.0691. The number of amides is 1. The molecule has 0 bridgehead atoms. The van der Waals surface area contributed by atoms with E-state index in [-0.39, 0.29) is 24.2 Å². The Morgan fingerprint density at radius 3 is 2.56 bits per heavy atom. The first-order valence-corrected chi connectivity index (χ1v) is 11.8. The van der Waals surface area contributed by atoms with Gasteiger partial charge in [0.05, 0.1) is 35.5 Å². The van der Waals surface area contributed by atoms with Crippen LogP contribution >= 0.6 is 0 Å². The van der Waals surface area contributed by atoms with Gasteiger partial charge in [-0.2, -0.15) is 5.10 Å². The molecule has 0 N–H and O–H groups in total. The quantitative estimate of drug-likeness (QED) is 0.404. The molecule has 0 spiro atoms. The maximum absolute atomic E-state index is 14.0. The van der Waals surface area contributed by atoms with Gasteiger partial charge in [-0.25, -0.2) is 9.67 Å². The number of benzene rings is 1. The highest BCUT2D eigenvalue weighted by Crippen LogP contribution is 2.32. The third kappa shape index (κ3) is 4.01. The van der Waals surface area contributed by atoms with Gasteiger partial charge in [-0.3, -0.25) is 4.79 Å². The number of carbonyl (C=O) groups is 1. The first kappa shape index (κ1) is 22.3. The van der Waals surface area contributed by atoms with Gasteiger partial charge in [-0.15, -0.1) is 0 Å². The Labute approximate surface area is 199 Å². The lowest BCUT2D eigenvalue weighted by Gasteiger charge is -2.37. The normalized spacial score (nSPS) is 18.7. The SMILES string of the molecule is Cc1cc(-c2cc(C(=O)N3CC(C)OC(c4ccccc4)C3)c3cnn(C(C)C)c3n2)c(C)o1. The molecule has 1 saturated heterocycles. The Hall–Kier alpha value is -3.45. The molecule has 4 heterocycles. The number of hydrogen-bond donors (Lipinski definition) is 0. The van der Waals surface area contributed by atoms with Crippen molar-refractivity contribution in [2.75, 3.05) is 13.1 Å². The largest absolute Gasteiger partial charge is 0.466 e. The maximum Gasteiger partial charge on any atom is 0.254 e. The van der Waals surface area contributed by atoms with E-state index in [1.54, 1.807) is 6.20 Å². The second-order valence-corrected chi connectivity index (χ2v) is 9.36. The smallest absolute Gasteiger partial charge is 0.254 e. The van der Waals surface area contributed by atoms with Crippen LogP contribution in [-0.2, 0) is 4.74 Å². The number of carbonyl (C=O) groups excluding carboxylic acids is 1. The molecule has 2 atom stereocenters. The van der Waals surface area contributed by atoms with E-state index in [2.05, 4.69) is 18.9 Å². The maximum atomic E-state index is 14.0. The first-order chi connectivity index (χ1) is 16.3. The molecule has 7 heteroatoms. The molecule has 1 aliphatic rings. The van der Waals surface area contributed by atoms with Crippen molar-refractivity contribution in [3.63, 3.8) is 0 Å². The second-order valence-electron chi connectivity index (χ2n) is 9.36. The second kappa shape index (κ2) is 8.72. The molecule has 5 rings (SSSR count). The number of ether oxygens (including phenoxy) is 1.